The van der Waals surface area contributed by atoms with E-state index in [1.54, 1.807) is 7.11 Å². The summed E-state index contributed by atoms with van der Waals surface area (Å²) in [5.41, 5.74) is 0. The number of methoxy groups -OCH3 is 1. The van der Waals surface area contributed by atoms with E-state index in [2.05, 4.69) is 22.0 Å². The van der Waals surface area contributed by atoms with Crippen molar-refractivity contribution >= 4 is 30.7 Å². The molecule has 5 nitrogen and oxygen atoms in total. The van der Waals surface area contributed by atoms with Crippen molar-refractivity contribution in [2.24, 2.45) is 5.92 Å². The van der Waals surface area contributed by atoms with Crippen molar-refractivity contribution in [2.75, 3.05) is 53.0 Å². The van der Waals surface area contributed by atoms with Crippen LogP contribution in [0.4, 0.5) is 0 Å². The molecule has 2 rings (SSSR count). The van der Waals surface area contributed by atoms with Crippen LogP contribution in [0, 0.1) is 5.92 Å². The van der Waals surface area contributed by atoms with Crippen LogP contribution in [0.5, 0.6) is 0 Å². The Morgan fingerprint density at radius 3 is 2.54 bits per heavy atom. The molecule has 2 aliphatic heterocycles. The van der Waals surface area contributed by atoms with Crippen molar-refractivity contribution in [2.45, 2.75) is 45.1 Å². The summed E-state index contributed by atoms with van der Waals surface area (Å²) in [5.74, 6) is 1.11. The summed E-state index contributed by atoms with van der Waals surface area (Å²) < 4.78 is 5.19. The second-order valence-electron chi connectivity index (χ2n) is 6.66. The molecule has 144 valence electrons. The molecule has 1 atom stereocenters. The minimum Gasteiger partial charge on any atom is -0.383 e. The van der Waals surface area contributed by atoms with Crippen molar-refractivity contribution < 1.29 is 9.53 Å². The molecule has 1 amide bonds. The Hall–Kier alpha value is -0.0700. The average molecular weight is 384 g/mol. The SMILES string of the molecule is CCC1CN(C(=O)CCC2CCNCC2)CCN1CCOC.Cl.Cl. The van der Waals surface area contributed by atoms with Crippen molar-refractivity contribution in [3.05, 3.63) is 0 Å². The lowest BCUT2D eigenvalue weighted by Gasteiger charge is -2.41. The van der Waals surface area contributed by atoms with E-state index in [0.29, 0.717) is 11.9 Å². The summed E-state index contributed by atoms with van der Waals surface area (Å²) in [6.07, 6.45) is 5.37. The first-order chi connectivity index (χ1) is 10.7. The van der Waals surface area contributed by atoms with Crippen LogP contribution in [-0.4, -0.2) is 74.7 Å². The van der Waals surface area contributed by atoms with E-state index < -0.39 is 0 Å². The first-order valence-electron chi connectivity index (χ1n) is 8.96. The van der Waals surface area contributed by atoms with Gasteiger partial charge in [0.05, 0.1) is 6.61 Å². The van der Waals surface area contributed by atoms with Crippen LogP contribution >= 0.6 is 24.8 Å². The summed E-state index contributed by atoms with van der Waals surface area (Å²) in [7, 11) is 1.75. The number of nitrogens with zero attached hydrogens (tertiary/aromatic N) is 2. The van der Waals surface area contributed by atoms with E-state index in [9.17, 15) is 4.79 Å². The van der Waals surface area contributed by atoms with Crippen LogP contribution < -0.4 is 5.32 Å². The van der Waals surface area contributed by atoms with Gasteiger partial charge in [-0.15, -0.1) is 24.8 Å². The van der Waals surface area contributed by atoms with Gasteiger partial charge < -0.3 is 15.0 Å². The van der Waals surface area contributed by atoms with Gasteiger partial charge in [0.25, 0.3) is 0 Å². The van der Waals surface area contributed by atoms with E-state index in [1.165, 1.54) is 12.8 Å². The molecule has 1 unspecified atom stereocenters. The largest absolute Gasteiger partial charge is 0.383 e. The Bertz CT molecular complexity index is 342. The Kier molecular flexibility index (Phi) is 13.1. The van der Waals surface area contributed by atoms with Gasteiger partial charge in [0.1, 0.15) is 0 Å². The molecular weight excluding hydrogens is 349 g/mol. The lowest BCUT2D eigenvalue weighted by Crippen LogP contribution is -2.55. The fraction of sp³-hybridized carbons (Fsp3) is 0.941. The molecule has 2 fully saturated rings. The molecule has 0 radical (unpaired) electrons. The molecule has 0 aliphatic carbocycles. The highest BCUT2D eigenvalue weighted by molar-refractivity contribution is 5.85. The Balaban J connectivity index is 0.00000264. The van der Waals surface area contributed by atoms with Crippen LogP contribution in [-0.2, 0) is 9.53 Å². The third-order valence-corrected chi connectivity index (χ3v) is 5.24. The van der Waals surface area contributed by atoms with Gasteiger partial charge in [-0.3, -0.25) is 9.69 Å². The number of carbonyl (C=O) groups excluding carboxylic acids is 1. The number of hydrogen-bond donors (Lipinski definition) is 1. The molecular formula is C17H35Cl2N3O2. The van der Waals surface area contributed by atoms with Gasteiger partial charge in [0.2, 0.25) is 5.91 Å². The summed E-state index contributed by atoms with van der Waals surface area (Å²) in [6.45, 7) is 8.97. The first kappa shape index (κ1) is 23.9. The van der Waals surface area contributed by atoms with Gasteiger partial charge >= 0.3 is 0 Å². The summed E-state index contributed by atoms with van der Waals surface area (Å²) >= 11 is 0. The minimum atomic E-state index is 0. The highest BCUT2D eigenvalue weighted by atomic mass is 35.5. The van der Waals surface area contributed by atoms with E-state index in [0.717, 1.165) is 71.1 Å². The molecule has 2 heterocycles. The molecule has 24 heavy (non-hydrogen) atoms. The van der Waals surface area contributed by atoms with Crippen molar-refractivity contribution in [1.82, 2.24) is 15.1 Å². The van der Waals surface area contributed by atoms with Gasteiger partial charge in [-0.2, -0.15) is 0 Å². The topological polar surface area (TPSA) is 44.8 Å². The molecule has 0 aromatic heterocycles. The normalized spacial score (nSPS) is 22.6. The standard InChI is InChI=1S/C17H33N3O2.2ClH/c1-3-16-14-20(11-10-19(16)12-13-22-2)17(21)5-4-15-6-8-18-9-7-15;;/h15-16,18H,3-14H2,1-2H3;2*1H. The molecule has 1 N–H and O–H groups in total. The van der Waals surface area contributed by atoms with E-state index in [-0.39, 0.29) is 24.8 Å². The molecule has 2 saturated heterocycles. The molecule has 0 saturated carbocycles. The summed E-state index contributed by atoms with van der Waals surface area (Å²) in [5, 5.41) is 3.39. The maximum atomic E-state index is 12.5. The lowest BCUT2D eigenvalue weighted by atomic mass is 9.93. The summed E-state index contributed by atoms with van der Waals surface area (Å²) in [6, 6.07) is 0.492. The van der Waals surface area contributed by atoms with Crippen LogP contribution in [0.25, 0.3) is 0 Å². The number of piperidine rings is 1. The number of halogens is 2. The monoisotopic (exact) mass is 383 g/mol. The average Bonchev–Trinajstić information content (AvgIpc) is 2.58. The number of piperazine rings is 1. The summed E-state index contributed by atoms with van der Waals surface area (Å²) in [4.78, 5) is 17.1. The number of amides is 1. The van der Waals surface area contributed by atoms with Crippen LogP contribution in [0.1, 0.15) is 39.0 Å². The number of nitrogens with one attached hydrogen (secondary N) is 1. The van der Waals surface area contributed by atoms with Crippen molar-refractivity contribution in [1.29, 1.82) is 0 Å². The Labute approximate surface area is 159 Å². The van der Waals surface area contributed by atoms with Crippen LogP contribution in [0.15, 0.2) is 0 Å². The van der Waals surface area contributed by atoms with Crippen molar-refractivity contribution in [3.8, 4) is 0 Å². The van der Waals surface area contributed by atoms with Gasteiger partial charge in [0, 0.05) is 45.8 Å². The molecule has 0 aromatic carbocycles. The smallest absolute Gasteiger partial charge is 0.222 e. The molecule has 0 bridgehead atoms. The second kappa shape index (κ2) is 13.2. The zero-order valence-corrected chi connectivity index (χ0v) is 16.8. The third-order valence-electron chi connectivity index (χ3n) is 5.24. The predicted octanol–water partition coefficient (Wildman–Crippen LogP) is 2.18. The van der Waals surface area contributed by atoms with E-state index >= 15 is 0 Å². The fourth-order valence-electron chi connectivity index (χ4n) is 3.67. The van der Waals surface area contributed by atoms with Gasteiger partial charge in [-0.25, -0.2) is 0 Å². The lowest BCUT2D eigenvalue weighted by molar-refractivity contribution is -0.134. The predicted molar refractivity (Wildman–Crippen MR) is 103 cm³/mol. The van der Waals surface area contributed by atoms with Gasteiger partial charge in [-0.1, -0.05) is 6.92 Å². The quantitative estimate of drug-likeness (QED) is 0.731. The maximum absolute atomic E-state index is 12.5. The van der Waals surface area contributed by atoms with Gasteiger partial charge in [-0.05, 0) is 44.7 Å². The maximum Gasteiger partial charge on any atom is 0.222 e. The third kappa shape index (κ3) is 7.44. The Morgan fingerprint density at radius 2 is 1.92 bits per heavy atom. The number of rotatable bonds is 7. The number of carbonyl (C=O) groups is 1. The fourth-order valence-corrected chi connectivity index (χ4v) is 3.67. The van der Waals surface area contributed by atoms with Crippen LogP contribution in [0.2, 0.25) is 0 Å². The van der Waals surface area contributed by atoms with Gasteiger partial charge in [0.15, 0.2) is 0 Å². The number of hydrogen-bond acceptors (Lipinski definition) is 4. The molecule has 0 spiro atoms. The Morgan fingerprint density at radius 1 is 1.21 bits per heavy atom. The molecule has 0 aromatic rings. The minimum absolute atomic E-state index is 0. The zero-order chi connectivity index (χ0) is 15.8. The molecule has 7 heteroatoms. The van der Waals surface area contributed by atoms with E-state index in [4.69, 9.17) is 4.74 Å². The first-order valence-corrected chi connectivity index (χ1v) is 8.96. The zero-order valence-electron chi connectivity index (χ0n) is 15.2. The van der Waals surface area contributed by atoms with Crippen LogP contribution in [0.3, 0.4) is 0 Å². The molecule has 2 aliphatic rings. The second-order valence-corrected chi connectivity index (χ2v) is 6.66. The van der Waals surface area contributed by atoms with E-state index in [1.807, 2.05) is 0 Å². The highest BCUT2D eigenvalue weighted by Crippen LogP contribution is 2.20. The number of ether oxygens (including phenoxy) is 1. The van der Waals surface area contributed by atoms with Crippen molar-refractivity contribution in [3.63, 3.8) is 0 Å². The highest BCUT2D eigenvalue weighted by Gasteiger charge is 2.28.